The van der Waals surface area contributed by atoms with Gasteiger partial charge in [0.1, 0.15) is 24.4 Å². The lowest BCUT2D eigenvalue weighted by Gasteiger charge is -2.24. The first-order valence-corrected chi connectivity index (χ1v) is 9.01. The second kappa shape index (κ2) is 8.68. The molecule has 5 nitrogen and oxygen atoms in total. The lowest BCUT2D eigenvalue weighted by Crippen LogP contribution is -2.31. The van der Waals surface area contributed by atoms with Crippen LogP contribution in [0.15, 0.2) is 30.9 Å². The number of nitrogens with zero attached hydrogens (tertiary/aromatic N) is 3. The van der Waals surface area contributed by atoms with Gasteiger partial charge in [-0.25, -0.2) is 9.67 Å². The molecule has 0 radical (unpaired) electrons. The monoisotopic (exact) mass is 383 g/mol. The minimum Gasteiger partial charge on any atom is -0.492 e. The van der Waals surface area contributed by atoms with E-state index in [9.17, 15) is 4.79 Å². The third-order valence-corrected chi connectivity index (χ3v) is 4.35. The molecule has 2 aromatic rings. The van der Waals surface area contributed by atoms with Crippen LogP contribution in [0.2, 0.25) is 10.0 Å². The number of rotatable bonds is 8. The van der Waals surface area contributed by atoms with Crippen LogP contribution in [0.5, 0.6) is 5.75 Å². The van der Waals surface area contributed by atoms with Crippen LogP contribution in [0.3, 0.4) is 0 Å². The molecule has 0 fully saturated rings. The maximum atomic E-state index is 12.7. The quantitative estimate of drug-likeness (QED) is 0.602. The molecule has 1 unspecified atom stereocenters. The molecule has 0 aliphatic rings. The SMILES string of the molecule is CC(C)(C)C(=O)C(CCCCOc1ccc(Cl)cc1Cl)n1cncn1. The van der Waals surface area contributed by atoms with Crippen LogP contribution in [0.25, 0.3) is 0 Å². The Morgan fingerprint density at radius 1 is 1.28 bits per heavy atom. The van der Waals surface area contributed by atoms with Crippen molar-refractivity contribution in [2.24, 2.45) is 5.41 Å². The zero-order chi connectivity index (χ0) is 18.4. The minimum absolute atomic E-state index is 0.152. The van der Waals surface area contributed by atoms with Crippen molar-refractivity contribution in [2.75, 3.05) is 6.61 Å². The summed E-state index contributed by atoms with van der Waals surface area (Å²) >= 11 is 11.9. The van der Waals surface area contributed by atoms with Gasteiger partial charge in [0.05, 0.1) is 11.6 Å². The summed E-state index contributed by atoms with van der Waals surface area (Å²) in [6.07, 6.45) is 5.38. The summed E-state index contributed by atoms with van der Waals surface area (Å²) in [5.41, 5.74) is -0.427. The molecule has 1 atom stereocenters. The van der Waals surface area contributed by atoms with E-state index >= 15 is 0 Å². The highest BCUT2D eigenvalue weighted by Crippen LogP contribution is 2.29. The van der Waals surface area contributed by atoms with E-state index in [1.54, 1.807) is 29.2 Å². The van der Waals surface area contributed by atoms with Gasteiger partial charge in [0.2, 0.25) is 0 Å². The molecule has 0 bridgehead atoms. The van der Waals surface area contributed by atoms with Crippen LogP contribution < -0.4 is 4.74 Å². The Morgan fingerprint density at radius 3 is 2.64 bits per heavy atom. The Kier molecular flexibility index (Phi) is 6.85. The third kappa shape index (κ3) is 5.72. The summed E-state index contributed by atoms with van der Waals surface area (Å²) in [7, 11) is 0. The number of unbranched alkanes of at least 4 members (excludes halogenated alkanes) is 1. The summed E-state index contributed by atoms with van der Waals surface area (Å²) in [5.74, 6) is 0.768. The topological polar surface area (TPSA) is 57.0 Å². The van der Waals surface area contributed by atoms with Crippen LogP contribution in [-0.2, 0) is 4.79 Å². The van der Waals surface area contributed by atoms with Crippen LogP contribution in [0, 0.1) is 5.41 Å². The van der Waals surface area contributed by atoms with Crippen LogP contribution in [0.1, 0.15) is 46.1 Å². The third-order valence-electron chi connectivity index (χ3n) is 3.82. The van der Waals surface area contributed by atoms with E-state index in [1.807, 2.05) is 20.8 Å². The van der Waals surface area contributed by atoms with Crippen molar-refractivity contribution < 1.29 is 9.53 Å². The number of halogens is 2. The van der Waals surface area contributed by atoms with Gasteiger partial charge in [0, 0.05) is 10.4 Å². The summed E-state index contributed by atoms with van der Waals surface area (Å²) in [6.45, 7) is 6.29. The van der Waals surface area contributed by atoms with Crippen molar-refractivity contribution in [1.29, 1.82) is 0 Å². The van der Waals surface area contributed by atoms with Gasteiger partial charge >= 0.3 is 0 Å². The van der Waals surface area contributed by atoms with Crippen molar-refractivity contribution in [3.05, 3.63) is 40.9 Å². The Bertz CT molecular complexity index is 697. The van der Waals surface area contributed by atoms with Gasteiger partial charge in [-0.05, 0) is 37.5 Å². The molecule has 0 spiro atoms. The van der Waals surface area contributed by atoms with E-state index in [0.29, 0.717) is 28.8 Å². The molecule has 1 heterocycles. The first-order valence-electron chi connectivity index (χ1n) is 8.25. The number of Topliss-reactive ketones (excluding diaryl/α,β-unsaturated/α-hetero) is 1. The smallest absolute Gasteiger partial charge is 0.162 e. The molecule has 0 aliphatic heterocycles. The number of ketones is 1. The molecule has 0 saturated carbocycles. The van der Waals surface area contributed by atoms with Crippen molar-refractivity contribution in [1.82, 2.24) is 14.8 Å². The first kappa shape index (κ1) is 19.7. The average molecular weight is 384 g/mol. The molecule has 2 rings (SSSR count). The molecule has 136 valence electrons. The predicted molar refractivity (Wildman–Crippen MR) is 99.3 cm³/mol. The molecule has 1 aromatic heterocycles. The maximum Gasteiger partial charge on any atom is 0.162 e. The summed E-state index contributed by atoms with van der Waals surface area (Å²) in [4.78, 5) is 16.6. The fourth-order valence-corrected chi connectivity index (χ4v) is 2.94. The number of carbonyl (C=O) groups excluding carboxylic acids is 1. The van der Waals surface area contributed by atoms with Gasteiger partial charge in [0.25, 0.3) is 0 Å². The lowest BCUT2D eigenvalue weighted by molar-refractivity contribution is -0.130. The molecular weight excluding hydrogens is 361 g/mol. The molecule has 0 aliphatic carbocycles. The molecule has 7 heteroatoms. The van der Waals surface area contributed by atoms with E-state index < -0.39 is 5.41 Å². The molecule has 0 amide bonds. The highest BCUT2D eigenvalue weighted by molar-refractivity contribution is 6.35. The zero-order valence-corrected chi connectivity index (χ0v) is 16.2. The first-order chi connectivity index (χ1) is 11.8. The maximum absolute atomic E-state index is 12.7. The van der Waals surface area contributed by atoms with Crippen molar-refractivity contribution >= 4 is 29.0 Å². The second-order valence-corrected chi connectivity index (χ2v) is 7.77. The van der Waals surface area contributed by atoms with Gasteiger partial charge in [0.15, 0.2) is 5.78 Å². The lowest BCUT2D eigenvalue weighted by atomic mass is 9.85. The van der Waals surface area contributed by atoms with E-state index in [4.69, 9.17) is 27.9 Å². The van der Waals surface area contributed by atoms with Crippen molar-refractivity contribution in [3.63, 3.8) is 0 Å². The molecule has 0 N–H and O–H groups in total. The Hall–Kier alpha value is -1.59. The van der Waals surface area contributed by atoms with Gasteiger partial charge in [-0.1, -0.05) is 44.0 Å². The normalized spacial score (nSPS) is 12.8. The number of hydrogen-bond donors (Lipinski definition) is 0. The number of ether oxygens (including phenoxy) is 1. The van der Waals surface area contributed by atoms with E-state index in [1.165, 1.54) is 6.33 Å². The van der Waals surface area contributed by atoms with E-state index in [0.717, 1.165) is 12.8 Å². The number of carbonyl (C=O) groups is 1. The van der Waals surface area contributed by atoms with Crippen LogP contribution >= 0.6 is 23.2 Å². The van der Waals surface area contributed by atoms with Gasteiger partial charge in [-0.15, -0.1) is 0 Å². The number of benzene rings is 1. The molecule has 0 saturated heterocycles. The highest BCUT2D eigenvalue weighted by atomic mass is 35.5. The molecule has 25 heavy (non-hydrogen) atoms. The minimum atomic E-state index is -0.427. The standard InChI is InChI=1S/C18H23Cl2N3O2/c1-18(2,3)17(24)15(23-12-21-11-22-23)6-4-5-9-25-16-8-7-13(19)10-14(16)20/h7-8,10-12,15H,4-6,9H2,1-3H3. The van der Waals surface area contributed by atoms with Gasteiger partial charge in [-0.3, -0.25) is 4.79 Å². The summed E-state index contributed by atoms with van der Waals surface area (Å²) < 4.78 is 7.33. The number of hydrogen-bond acceptors (Lipinski definition) is 4. The highest BCUT2D eigenvalue weighted by Gasteiger charge is 2.30. The fourth-order valence-electron chi connectivity index (χ4n) is 2.48. The van der Waals surface area contributed by atoms with Gasteiger partial charge < -0.3 is 4.74 Å². The Morgan fingerprint density at radius 2 is 2.04 bits per heavy atom. The van der Waals surface area contributed by atoms with Crippen molar-refractivity contribution in [3.8, 4) is 5.75 Å². The van der Waals surface area contributed by atoms with Gasteiger partial charge in [-0.2, -0.15) is 5.10 Å². The summed E-state index contributed by atoms with van der Waals surface area (Å²) in [6, 6.07) is 4.85. The van der Waals surface area contributed by atoms with Crippen molar-refractivity contribution in [2.45, 2.75) is 46.1 Å². The van der Waals surface area contributed by atoms with E-state index in [2.05, 4.69) is 10.1 Å². The molecular formula is C18H23Cl2N3O2. The predicted octanol–water partition coefficient (Wildman–Crippen LogP) is 4.99. The van der Waals surface area contributed by atoms with Crippen LogP contribution in [-0.4, -0.2) is 27.2 Å². The van der Waals surface area contributed by atoms with E-state index in [-0.39, 0.29) is 11.8 Å². The summed E-state index contributed by atoms with van der Waals surface area (Å²) in [5, 5.41) is 5.21. The Balaban J connectivity index is 1.86. The largest absolute Gasteiger partial charge is 0.492 e. The Labute approximate surface area is 158 Å². The fraction of sp³-hybridized carbons (Fsp3) is 0.500. The average Bonchev–Trinajstić information content (AvgIpc) is 3.05. The zero-order valence-electron chi connectivity index (χ0n) is 14.7. The second-order valence-electron chi connectivity index (χ2n) is 6.92. The van der Waals surface area contributed by atoms with Crippen LogP contribution in [0.4, 0.5) is 0 Å². The number of aromatic nitrogens is 3. The molecule has 1 aromatic carbocycles.